The average Bonchev–Trinajstić information content (AvgIpc) is 2.75. The maximum absolute atomic E-state index is 10.3. The van der Waals surface area contributed by atoms with Gasteiger partial charge >= 0.3 is 0 Å². The largest absolute Gasteiger partial charge is 0.392 e. The summed E-state index contributed by atoms with van der Waals surface area (Å²) >= 11 is 12.2. The molecule has 0 aliphatic carbocycles. The maximum Gasteiger partial charge on any atom is 0.0636 e. The molecule has 0 fully saturated rings. The minimum Gasteiger partial charge on any atom is -0.392 e. The molecule has 0 amide bonds. The number of benzene rings is 1. The molecular formula is C15H18Cl2N2O. The highest BCUT2D eigenvalue weighted by Gasteiger charge is 2.14. The number of aromatic nitrogens is 2. The number of aryl methyl sites for hydroxylation is 2. The van der Waals surface area contributed by atoms with Crippen LogP contribution in [0.25, 0.3) is 0 Å². The Morgan fingerprint density at radius 3 is 2.45 bits per heavy atom. The van der Waals surface area contributed by atoms with E-state index in [4.69, 9.17) is 23.2 Å². The molecule has 0 spiro atoms. The second kappa shape index (κ2) is 6.61. The van der Waals surface area contributed by atoms with E-state index in [-0.39, 0.29) is 0 Å². The first-order valence-electron chi connectivity index (χ1n) is 6.64. The lowest BCUT2D eigenvalue weighted by molar-refractivity contribution is 0.173. The van der Waals surface area contributed by atoms with E-state index >= 15 is 0 Å². The van der Waals surface area contributed by atoms with Crippen LogP contribution in [0, 0.1) is 0 Å². The summed E-state index contributed by atoms with van der Waals surface area (Å²) in [6, 6.07) is 7.40. The van der Waals surface area contributed by atoms with Crippen molar-refractivity contribution in [1.29, 1.82) is 0 Å². The summed E-state index contributed by atoms with van der Waals surface area (Å²) in [7, 11) is 1.89. The molecule has 0 radical (unpaired) electrons. The highest BCUT2D eigenvalue weighted by molar-refractivity contribution is 6.35. The molecule has 1 aromatic heterocycles. The van der Waals surface area contributed by atoms with E-state index in [1.807, 2.05) is 17.8 Å². The fourth-order valence-corrected chi connectivity index (χ4v) is 2.76. The van der Waals surface area contributed by atoms with Crippen LogP contribution in [0.4, 0.5) is 0 Å². The fraction of sp³-hybridized carbons (Fsp3) is 0.400. The first kappa shape index (κ1) is 15.4. The van der Waals surface area contributed by atoms with Gasteiger partial charge in [0, 0.05) is 35.6 Å². The van der Waals surface area contributed by atoms with Crippen LogP contribution in [-0.2, 0) is 26.3 Å². The highest BCUT2D eigenvalue weighted by Crippen LogP contribution is 2.26. The number of rotatable bonds is 5. The molecule has 20 heavy (non-hydrogen) atoms. The molecule has 2 aromatic rings. The molecule has 0 saturated carbocycles. The molecule has 1 heterocycles. The van der Waals surface area contributed by atoms with Gasteiger partial charge in [-0.3, -0.25) is 4.68 Å². The Morgan fingerprint density at radius 1 is 1.25 bits per heavy atom. The third kappa shape index (κ3) is 3.54. The van der Waals surface area contributed by atoms with Crippen molar-refractivity contribution in [2.75, 3.05) is 0 Å². The average molecular weight is 313 g/mol. The van der Waals surface area contributed by atoms with Gasteiger partial charge in [-0.25, -0.2) is 0 Å². The summed E-state index contributed by atoms with van der Waals surface area (Å²) in [6.45, 7) is 2.06. The van der Waals surface area contributed by atoms with Crippen molar-refractivity contribution in [3.05, 3.63) is 51.3 Å². The van der Waals surface area contributed by atoms with Crippen molar-refractivity contribution in [2.24, 2.45) is 7.05 Å². The van der Waals surface area contributed by atoms with Crippen molar-refractivity contribution in [3.63, 3.8) is 0 Å². The third-order valence-corrected chi connectivity index (χ3v) is 4.04. The Kier molecular flexibility index (Phi) is 5.08. The van der Waals surface area contributed by atoms with Crippen molar-refractivity contribution >= 4 is 23.2 Å². The van der Waals surface area contributed by atoms with E-state index in [0.717, 1.165) is 23.4 Å². The second-order valence-corrected chi connectivity index (χ2v) is 5.68. The number of aliphatic hydroxyl groups excluding tert-OH is 1. The van der Waals surface area contributed by atoms with E-state index in [0.29, 0.717) is 22.9 Å². The van der Waals surface area contributed by atoms with Gasteiger partial charge in [0.25, 0.3) is 0 Å². The van der Waals surface area contributed by atoms with Gasteiger partial charge in [-0.1, -0.05) is 36.2 Å². The van der Waals surface area contributed by atoms with Gasteiger partial charge in [0.05, 0.1) is 11.8 Å². The van der Waals surface area contributed by atoms with Gasteiger partial charge in [0.1, 0.15) is 0 Å². The van der Waals surface area contributed by atoms with Gasteiger partial charge < -0.3 is 5.11 Å². The predicted molar refractivity (Wildman–Crippen MR) is 82.5 cm³/mol. The zero-order valence-electron chi connectivity index (χ0n) is 11.6. The third-order valence-electron chi connectivity index (χ3n) is 3.34. The highest BCUT2D eigenvalue weighted by atomic mass is 35.5. The SMILES string of the molecule is CCc1cc(CC(O)Cc2c(Cl)cccc2Cl)n(C)n1. The quantitative estimate of drug-likeness (QED) is 0.918. The normalized spacial score (nSPS) is 12.7. The molecule has 1 atom stereocenters. The number of aliphatic hydroxyl groups is 1. The van der Waals surface area contributed by atoms with Gasteiger partial charge in [-0.2, -0.15) is 5.10 Å². The van der Waals surface area contributed by atoms with E-state index in [9.17, 15) is 5.11 Å². The number of nitrogens with zero attached hydrogens (tertiary/aromatic N) is 2. The van der Waals surface area contributed by atoms with Crippen LogP contribution in [0.15, 0.2) is 24.3 Å². The van der Waals surface area contributed by atoms with Crippen LogP contribution >= 0.6 is 23.2 Å². The molecule has 0 bridgehead atoms. The Bertz CT molecular complexity index is 575. The Labute approximate surface area is 129 Å². The number of hydrogen-bond donors (Lipinski definition) is 1. The Morgan fingerprint density at radius 2 is 1.90 bits per heavy atom. The lowest BCUT2D eigenvalue weighted by Gasteiger charge is -2.13. The van der Waals surface area contributed by atoms with Crippen LogP contribution in [0.3, 0.4) is 0 Å². The lowest BCUT2D eigenvalue weighted by atomic mass is 10.0. The van der Waals surface area contributed by atoms with Gasteiger partial charge in [-0.05, 0) is 30.2 Å². The molecule has 2 rings (SSSR count). The maximum atomic E-state index is 10.3. The standard InChI is InChI=1S/C15H18Cl2N2O/c1-3-10-7-11(19(2)18-10)8-12(20)9-13-14(16)5-4-6-15(13)17/h4-7,12,20H,3,8-9H2,1-2H3. The van der Waals surface area contributed by atoms with E-state index in [2.05, 4.69) is 12.0 Å². The Hall–Kier alpha value is -1.03. The molecule has 0 aliphatic rings. The molecule has 3 nitrogen and oxygen atoms in total. The van der Waals surface area contributed by atoms with E-state index < -0.39 is 6.10 Å². The minimum absolute atomic E-state index is 0.436. The topological polar surface area (TPSA) is 38.0 Å². The summed E-state index contributed by atoms with van der Waals surface area (Å²) in [4.78, 5) is 0. The molecule has 1 N–H and O–H groups in total. The van der Waals surface area contributed by atoms with Crippen LogP contribution in [0.2, 0.25) is 10.0 Å². The molecule has 1 aromatic carbocycles. The van der Waals surface area contributed by atoms with Gasteiger partial charge in [0.15, 0.2) is 0 Å². The smallest absolute Gasteiger partial charge is 0.0636 e. The number of hydrogen-bond acceptors (Lipinski definition) is 2. The fourth-order valence-electron chi connectivity index (χ4n) is 2.21. The molecule has 1 unspecified atom stereocenters. The van der Waals surface area contributed by atoms with Crippen LogP contribution in [-0.4, -0.2) is 21.0 Å². The van der Waals surface area contributed by atoms with Crippen LogP contribution in [0.1, 0.15) is 23.9 Å². The summed E-state index contributed by atoms with van der Waals surface area (Å²) in [5, 5.41) is 15.8. The first-order valence-corrected chi connectivity index (χ1v) is 7.39. The summed E-state index contributed by atoms with van der Waals surface area (Å²) < 4.78 is 1.82. The van der Waals surface area contributed by atoms with E-state index in [1.165, 1.54) is 0 Å². The molecule has 108 valence electrons. The Balaban J connectivity index is 2.09. The van der Waals surface area contributed by atoms with Gasteiger partial charge in [-0.15, -0.1) is 0 Å². The zero-order chi connectivity index (χ0) is 14.7. The van der Waals surface area contributed by atoms with Crippen molar-refractivity contribution in [3.8, 4) is 0 Å². The predicted octanol–water partition coefficient (Wildman–Crippen LogP) is 3.44. The second-order valence-electron chi connectivity index (χ2n) is 4.87. The molecular weight excluding hydrogens is 295 g/mol. The van der Waals surface area contributed by atoms with E-state index in [1.54, 1.807) is 18.2 Å². The molecule has 0 saturated heterocycles. The zero-order valence-corrected chi connectivity index (χ0v) is 13.1. The molecule has 5 heteroatoms. The summed E-state index contributed by atoms with van der Waals surface area (Å²) in [5.74, 6) is 0. The van der Waals surface area contributed by atoms with Crippen molar-refractivity contribution < 1.29 is 5.11 Å². The number of halogens is 2. The van der Waals surface area contributed by atoms with Crippen LogP contribution < -0.4 is 0 Å². The van der Waals surface area contributed by atoms with Crippen molar-refractivity contribution in [1.82, 2.24) is 9.78 Å². The molecule has 0 aliphatic heterocycles. The monoisotopic (exact) mass is 312 g/mol. The van der Waals surface area contributed by atoms with Gasteiger partial charge in [0.2, 0.25) is 0 Å². The van der Waals surface area contributed by atoms with Crippen LogP contribution in [0.5, 0.6) is 0 Å². The lowest BCUT2D eigenvalue weighted by Crippen LogP contribution is -2.16. The van der Waals surface area contributed by atoms with Crippen molar-refractivity contribution in [2.45, 2.75) is 32.3 Å². The first-order chi connectivity index (χ1) is 9.51. The summed E-state index contributed by atoms with van der Waals surface area (Å²) in [6.07, 6.45) is 1.32. The minimum atomic E-state index is -0.535. The summed E-state index contributed by atoms with van der Waals surface area (Å²) in [5.41, 5.74) is 2.84.